The maximum atomic E-state index is 12.1. The van der Waals surface area contributed by atoms with Gasteiger partial charge in [0.15, 0.2) is 0 Å². The molecule has 1 aromatic heterocycles. The van der Waals surface area contributed by atoms with Crippen LogP contribution in [0.3, 0.4) is 0 Å². The van der Waals surface area contributed by atoms with Gasteiger partial charge in [-0.2, -0.15) is 4.80 Å². The Bertz CT molecular complexity index is 861. The van der Waals surface area contributed by atoms with E-state index in [0.29, 0.717) is 12.4 Å². The third-order valence-corrected chi connectivity index (χ3v) is 4.28. The molecule has 3 aromatic rings. The molecule has 0 aliphatic rings. The number of rotatable bonds is 5. The average Bonchev–Trinajstić information content (AvgIpc) is 3.03. The van der Waals surface area contributed by atoms with Crippen molar-refractivity contribution in [1.29, 1.82) is 0 Å². The fourth-order valence-corrected chi connectivity index (χ4v) is 2.71. The van der Waals surface area contributed by atoms with Gasteiger partial charge in [-0.25, -0.2) is 0 Å². The smallest absolute Gasteiger partial charge is 0.243 e. The molecular weight excluding hydrogens is 370 g/mol. The quantitative estimate of drug-likeness (QED) is 0.732. The number of aromatic nitrogens is 4. The fourth-order valence-electron chi connectivity index (χ4n) is 2.25. The molecule has 122 valence electrons. The Morgan fingerprint density at radius 2 is 1.92 bits per heavy atom. The van der Waals surface area contributed by atoms with Crippen LogP contribution >= 0.6 is 15.9 Å². The van der Waals surface area contributed by atoms with Crippen molar-refractivity contribution in [3.05, 3.63) is 64.1 Å². The van der Waals surface area contributed by atoms with E-state index in [1.807, 2.05) is 55.5 Å². The van der Waals surface area contributed by atoms with Crippen LogP contribution in [0.2, 0.25) is 0 Å². The van der Waals surface area contributed by atoms with E-state index in [4.69, 9.17) is 0 Å². The van der Waals surface area contributed by atoms with Gasteiger partial charge < -0.3 is 5.32 Å². The number of nitrogens with one attached hydrogen (secondary N) is 1. The van der Waals surface area contributed by atoms with Crippen LogP contribution in [-0.2, 0) is 17.9 Å². The summed E-state index contributed by atoms with van der Waals surface area (Å²) >= 11 is 3.45. The second kappa shape index (κ2) is 7.35. The van der Waals surface area contributed by atoms with Gasteiger partial charge in [-0.1, -0.05) is 52.3 Å². The lowest BCUT2D eigenvalue weighted by molar-refractivity contribution is -0.122. The maximum Gasteiger partial charge on any atom is 0.243 e. The van der Waals surface area contributed by atoms with Gasteiger partial charge in [0.05, 0.1) is 0 Å². The Morgan fingerprint density at radius 1 is 1.17 bits per heavy atom. The van der Waals surface area contributed by atoms with Gasteiger partial charge >= 0.3 is 0 Å². The van der Waals surface area contributed by atoms with Crippen LogP contribution in [0, 0.1) is 6.92 Å². The minimum atomic E-state index is -0.158. The monoisotopic (exact) mass is 385 g/mol. The van der Waals surface area contributed by atoms with Crippen LogP contribution in [0.15, 0.2) is 53.0 Å². The van der Waals surface area contributed by atoms with Gasteiger partial charge in [0, 0.05) is 16.6 Å². The first-order valence-corrected chi connectivity index (χ1v) is 8.26. The van der Waals surface area contributed by atoms with Gasteiger partial charge in [-0.3, -0.25) is 4.79 Å². The van der Waals surface area contributed by atoms with Crippen molar-refractivity contribution in [2.75, 3.05) is 0 Å². The van der Waals surface area contributed by atoms with Crippen molar-refractivity contribution in [2.45, 2.75) is 20.0 Å². The third-order valence-electron chi connectivity index (χ3n) is 3.59. The molecule has 3 rings (SSSR count). The van der Waals surface area contributed by atoms with Crippen LogP contribution in [0.5, 0.6) is 0 Å². The summed E-state index contributed by atoms with van der Waals surface area (Å²) in [6.07, 6.45) is 0. The molecule has 24 heavy (non-hydrogen) atoms. The van der Waals surface area contributed by atoms with Crippen molar-refractivity contribution in [2.24, 2.45) is 0 Å². The highest BCUT2D eigenvalue weighted by Crippen LogP contribution is 2.24. The normalized spacial score (nSPS) is 10.6. The SMILES string of the molecule is Cc1ccccc1CNC(=O)Cn1nnc(-c2ccccc2Br)n1. The molecule has 0 aliphatic heterocycles. The Labute approximate surface area is 148 Å². The fraction of sp³-hybridized carbons (Fsp3) is 0.176. The largest absolute Gasteiger partial charge is 0.350 e. The van der Waals surface area contributed by atoms with Crippen LogP contribution in [-0.4, -0.2) is 26.1 Å². The summed E-state index contributed by atoms with van der Waals surface area (Å²) in [6, 6.07) is 15.6. The number of hydrogen-bond donors (Lipinski definition) is 1. The zero-order valence-corrected chi connectivity index (χ0v) is 14.7. The lowest BCUT2D eigenvalue weighted by Crippen LogP contribution is -2.28. The van der Waals surface area contributed by atoms with E-state index >= 15 is 0 Å². The molecule has 1 N–H and O–H groups in total. The zero-order chi connectivity index (χ0) is 16.9. The average molecular weight is 386 g/mol. The number of amides is 1. The summed E-state index contributed by atoms with van der Waals surface area (Å²) in [5, 5.41) is 15.1. The van der Waals surface area contributed by atoms with E-state index < -0.39 is 0 Å². The predicted molar refractivity (Wildman–Crippen MR) is 94.0 cm³/mol. The van der Waals surface area contributed by atoms with Gasteiger partial charge in [0.1, 0.15) is 6.54 Å². The van der Waals surface area contributed by atoms with Crippen LogP contribution < -0.4 is 5.32 Å². The first kappa shape index (κ1) is 16.3. The number of carbonyl (C=O) groups is 1. The molecule has 0 fully saturated rings. The first-order valence-electron chi connectivity index (χ1n) is 7.47. The Kier molecular flexibility index (Phi) is 5.00. The van der Waals surface area contributed by atoms with Crippen LogP contribution in [0.4, 0.5) is 0 Å². The van der Waals surface area contributed by atoms with Crippen molar-refractivity contribution in [1.82, 2.24) is 25.5 Å². The molecule has 0 bridgehead atoms. The molecule has 0 unspecified atom stereocenters. The van der Waals surface area contributed by atoms with E-state index in [-0.39, 0.29) is 12.5 Å². The molecule has 0 spiro atoms. The molecule has 1 amide bonds. The summed E-state index contributed by atoms with van der Waals surface area (Å²) in [7, 11) is 0. The molecule has 1 heterocycles. The van der Waals surface area contributed by atoms with Crippen LogP contribution in [0.1, 0.15) is 11.1 Å². The number of nitrogens with zero attached hydrogens (tertiary/aromatic N) is 4. The summed E-state index contributed by atoms with van der Waals surface area (Å²) < 4.78 is 0.883. The molecule has 2 aromatic carbocycles. The maximum absolute atomic E-state index is 12.1. The Morgan fingerprint density at radius 3 is 2.71 bits per heavy atom. The second-order valence-corrected chi connectivity index (χ2v) is 6.18. The number of carbonyl (C=O) groups excluding carboxylic acids is 1. The van der Waals surface area contributed by atoms with Gasteiger partial charge in [0.2, 0.25) is 11.7 Å². The minimum Gasteiger partial charge on any atom is -0.350 e. The highest BCUT2D eigenvalue weighted by atomic mass is 79.9. The van der Waals surface area contributed by atoms with Crippen molar-refractivity contribution in [3.63, 3.8) is 0 Å². The molecule has 0 radical (unpaired) electrons. The molecule has 6 nitrogen and oxygen atoms in total. The summed E-state index contributed by atoms with van der Waals surface area (Å²) in [5.74, 6) is 0.323. The lowest BCUT2D eigenvalue weighted by Gasteiger charge is -2.07. The topological polar surface area (TPSA) is 72.7 Å². The van der Waals surface area contributed by atoms with E-state index in [1.54, 1.807) is 0 Å². The van der Waals surface area contributed by atoms with Gasteiger partial charge in [-0.15, -0.1) is 10.2 Å². The lowest BCUT2D eigenvalue weighted by atomic mass is 10.1. The number of halogens is 1. The van der Waals surface area contributed by atoms with E-state index in [0.717, 1.165) is 21.2 Å². The molecule has 0 aliphatic carbocycles. The highest BCUT2D eigenvalue weighted by molar-refractivity contribution is 9.10. The molecule has 0 saturated heterocycles. The first-order chi connectivity index (χ1) is 11.6. The summed E-state index contributed by atoms with van der Waals surface area (Å²) in [6.45, 7) is 2.53. The third kappa shape index (κ3) is 3.86. The van der Waals surface area contributed by atoms with Crippen LogP contribution in [0.25, 0.3) is 11.4 Å². The van der Waals surface area contributed by atoms with Crippen molar-refractivity contribution < 1.29 is 4.79 Å². The van der Waals surface area contributed by atoms with Crippen molar-refractivity contribution >= 4 is 21.8 Å². The number of hydrogen-bond acceptors (Lipinski definition) is 4. The van der Waals surface area contributed by atoms with E-state index in [1.165, 1.54) is 4.80 Å². The second-order valence-electron chi connectivity index (χ2n) is 5.33. The van der Waals surface area contributed by atoms with E-state index in [9.17, 15) is 4.79 Å². The number of aryl methyl sites for hydroxylation is 1. The molecular formula is C17H16BrN5O. The zero-order valence-electron chi connectivity index (χ0n) is 13.1. The highest BCUT2D eigenvalue weighted by Gasteiger charge is 2.11. The number of benzene rings is 2. The molecule has 0 atom stereocenters. The number of tetrazole rings is 1. The van der Waals surface area contributed by atoms with E-state index in [2.05, 4.69) is 36.7 Å². The van der Waals surface area contributed by atoms with Gasteiger partial charge in [-0.05, 0) is 35.4 Å². The Balaban J connectivity index is 1.62. The Hall–Kier alpha value is -2.54. The standard InChI is InChI=1S/C17H16BrN5O/c1-12-6-2-3-7-13(12)10-19-16(24)11-23-21-17(20-22-23)14-8-4-5-9-15(14)18/h2-9H,10-11H2,1H3,(H,19,24). The van der Waals surface area contributed by atoms with Gasteiger partial charge in [0.25, 0.3) is 0 Å². The molecule has 7 heteroatoms. The summed E-state index contributed by atoms with van der Waals surface area (Å²) in [5.41, 5.74) is 3.07. The van der Waals surface area contributed by atoms with Crippen molar-refractivity contribution in [3.8, 4) is 11.4 Å². The summed E-state index contributed by atoms with van der Waals surface area (Å²) in [4.78, 5) is 13.4. The molecule has 0 saturated carbocycles. The minimum absolute atomic E-state index is 0.0311. The predicted octanol–water partition coefficient (Wildman–Crippen LogP) is 2.73.